The fourth-order valence-corrected chi connectivity index (χ4v) is 2.96. The van der Waals surface area contributed by atoms with Gasteiger partial charge in [-0.1, -0.05) is 6.42 Å². The maximum absolute atomic E-state index is 5.69. The van der Waals surface area contributed by atoms with Gasteiger partial charge < -0.3 is 14.5 Å². The van der Waals surface area contributed by atoms with Crippen LogP contribution < -0.4 is 10.1 Å². The first-order valence-corrected chi connectivity index (χ1v) is 7.06. The van der Waals surface area contributed by atoms with Crippen molar-refractivity contribution in [3.05, 3.63) is 29.5 Å². The van der Waals surface area contributed by atoms with Crippen molar-refractivity contribution in [3.63, 3.8) is 0 Å². The zero-order chi connectivity index (χ0) is 13.2. The normalized spacial score (nSPS) is 19.8. The van der Waals surface area contributed by atoms with Crippen molar-refractivity contribution in [3.8, 4) is 5.75 Å². The molecular formula is C16H21NO2. The molecule has 0 spiro atoms. The average Bonchev–Trinajstić information content (AvgIpc) is 2.79. The van der Waals surface area contributed by atoms with Crippen LogP contribution in [-0.2, 0) is 6.42 Å². The topological polar surface area (TPSA) is 34.4 Å². The number of rotatable bonds is 3. The van der Waals surface area contributed by atoms with E-state index in [0.717, 1.165) is 35.4 Å². The molecule has 1 atom stereocenters. The van der Waals surface area contributed by atoms with E-state index in [9.17, 15) is 0 Å². The smallest absolute Gasteiger partial charge is 0.176 e. The fraction of sp³-hybridized carbons (Fsp3) is 0.500. The monoisotopic (exact) mass is 259 g/mol. The summed E-state index contributed by atoms with van der Waals surface area (Å²) in [6.45, 7) is 3.12. The second-order valence-electron chi connectivity index (χ2n) is 5.42. The molecule has 1 aromatic heterocycles. The number of piperidine rings is 1. The van der Waals surface area contributed by atoms with Gasteiger partial charge in [0, 0.05) is 11.4 Å². The third-order valence-corrected chi connectivity index (χ3v) is 3.88. The molecule has 2 heterocycles. The van der Waals surface area contributed by atoms with Crippen LogP contribution in [0.3, 0.4) is 0 Å². The van der Waals surface area contributed by atoms with E-state index in [0.29, 0.717) is 6.04 Å². The second kappa shape index (κ2) is 5.25. The summed E-state index contributed by atoms with van der Waals surface area (Å²) in [5, 5.41) is 4.74. The summed E-state index contributed by atoms with van der Waals surface area (Å²) >= 11 is 0. The molecule has 1 unspecified atom stereocenters. The van der Waals surface area contributed by atoms with Crippen molar-refractivity contribution in [2.45, 2.75) is 38.6 Å². The van der Waals surface area contributed by atoms with Gasteiger partial charge in [0.05, 0.1) is 7.11 Å². The minimum absolute atomic E-state index is 0.601. The number of methoxy groups -OCH3 is 1. The van der Waals surface area contributed by atoms with Crippen molar-refractivity contribution in [2.24, 2.45) is 0 Å². The van der Waals surface area contributed by atoms with E-state index in [-0.39, 0.29) is 0 Å². The summed E-state index contributed by atoms with van der Waals surface area (Å²) in [4.78, 5) is 0. The van der Waals surface area contributed by atoms with Gasteiger partial charge >= 0.3 is 0 Å². The predicted molar refractivity (Wildman–Crippen MR) is 76.8 cm³/mol. The minimum atomic E-state index is 0.601. The maximum Gasteiger partial charge on any atom is 0.176 e. The summed E-state index contributed by atoms with van der Waals surface area (Å²) in [7, 11) is 1.70. The minimum Gasteiger partial charge on any atom is -0.493 e. The molecule has 3 rings (SSSR count). The molecule has 3 heteroatoms. The van der Waals surface area contributed by atoms with Crippen LogP contribution in [0.5, 0.6) is 5.75 Å². The van der Waals surface area contributed by atoms with Gasteiger partial charge in [0.15, 0.2) is 11.3 Å². The summed E-state index contributed by atoms with van der Waals surface area (Å²) in [6, 6.07) is 7.02. The quantitative estimate of drug-likeness (QED) is 0.917. The number of nitrogens with one attached hydrogen (secondary N) is 1. The molecule has 0 aliphatic carbocycles. The lowest BCUT2D eigenvalue weighted by molar-refractivity contribution is 0.395. The molecule has 102 valence electrons. The van der Waals surface area contributed by atoms with Gasteiger partial charge in [0.2, 0.25) is 0 Å². The number of furan rings is 1. The molecule has 0 amide bonds. The molecule has 0 radical (unpaired) electrons. The Morgan fingerprint density at radius 2 is 2.21 bits per heavy atom. The summed E-state index contributed by atoms with van der Waals surface area (Å²) in [6.07, 6.45) is 4.98. The van der Waals surface area contributed by atoms with Crippen molar-refractivity contribution in [1.29, 1.82) is 0 Å². The first-order chi connectivity index (χ1) is 9.26. The van der Waals surface area contributed by atoms with Crippen LogP contribution in [-0.4, -0.2) is 19.7 Å². The Labute approximate surface area is 113 Å². The molecule has 3 nitrogen and oxygen atoms in total. The van der Waals surface area contributed by atoms with E-state index in [1.54, 1.807) is 7.11 Å². The Morgan fingerprint density at radius 1 is 1.32 bits per heavy atom. The molecule has 0 bridgehead atoms. The van der Waals surface area contributed by atoms with Crippen molar-refractivity contribution in [2.75, 3.05) is 13.7 Å². The lowest BCUT2D eigenvalue weighted by atomic mass is 9.97. The first-order valence-electron chi connectivity index (χ1n) is 7.06. The molecule has 1 aromatic carbocycles. The van der Waals surface area contributed by atoms with Crippen molar-refractivity contribution < 1.29 is 9.15 Å². The van der Waals surface area contributed by atoms with Crippen molar-refractivity contribution >= 4 is 11.0 Å². The summed E-state index contributed by atoms with van der Waals surface area (Å²) in [5.41, 5.74) is 2.19. The van der Waals surface area contributed by atoms with Gasteiger partial charge in [-0.25, -0.2) is 0 Å². The Morgan fingerprint density at radius 3 is 2.95 bits per heavy atom. The highest BCUT2D eigenvalue weighted by atomic mass is 16.5. The van der Waals surface area contributed by atoms with Crippen LogP contribution in [0, 0.1) is 6.92 Å². The fourth-order valence-electron chi connectivity index (χ4n) is 2.96. The lowest BCUT2D eigenvalue weighted by Gasteiger charge is -2.23. The van der Waals surface area contributed by atoms with Crippen molar-refractivity contribution in [1.82, 2.24) is 5.32 Å². The summed E-state index contributed by atoms with van der Waals surface area (Å²) in [5.74, 6) is 1.78. The van der Waals surface area contributed by atoms with Crippen LogP contribution in [0.4, 0.5) is 0 Å². The van der Waals surface area contributed by atoms with Crippen LogP contribution in [0.25, 0.3) is 11.0 Å². The standard InChI is InChI=1S/C16H21NO2/c1-11-7-13-8-12(9-14-5-3-4-6-17-14)10-15(18-2)16(13)19-11/h7-8,10,14,17H,3-6,9H2,1-2H3. The number of benzene rings is 1. The third-order valence-electron chi connectivity index (χ3n) is 3.88. The Kier molecular flexibility index (Phi) is 3.47. The van der Waals surface area contributed by atoms with Crippen LogP contribution in [0.2, 0.25) is 0 Å². The lowest BCUT2D eigenvalue weighted by Crippen LogP contribution is -2.35. The van der Waals surface area contributed by atoms with E-state index in [4.69, 9.17) is 9.15 Å². The zero-order valence-electron chi connectivity index (χ0n) is 11.7. The molecule has 1 aliphatic rings. The van der Waals surface area contributed by atoms with Crippen LogP contribution in [0.15, 0.2) is 22.6 Å². The highest BCUT2D eigenvalue weighted by Gasteiger charge is 2.15. The van der Waals surface area contributed by atoms with Gasteiger partial charge in [-0.15, -0.1) is 0 Å². The SMILES string of the molecule is COc1cc(CC2CCCCN2)cc2cc(C)oc12. The number of hydrogen-bond donors (Lipinski definition) is 1. The number of hydrogen-bond acceptors (Lipinski definition) is 3. The average molecular weight is 259 g/mol. The Bertz CT molecular complexity index is 567. The molecular weight excluding hydrogens is 238 g/mol. The highest BCUT2D eigenvalue weighted by Crippen LogP contribution is 2.31. The summed E-state index contributed by atoms with van der Waals surface area (Å²) < 4.78 is 11.2. The van der Waals surface area contributed by atoms with E-state index in [1.165, 1.54) is 24.8 Å². The number of ether oxygens (including phenoxy) is 1. The maximum atomic E-state index is 5.69. The van der Waals surface area contributed by atoms with Gasteiger partial charge in [-0.2, -0.15) is 0 Å². The molecule has 0 saturated carbocycles. The van der Waals surface area contributed by atoms with E-state index < -0.39 is 0 Å². The molecule has 1 aliphatic heterocycles. The molecule has 1 N–H and O–H groups in total. The number of aryl methyl sites for hydroxylation is 1. The van der Waals surface area contributed by atoms with Gasteiger partial charge in [0.1, 0.15) is 5.76 Å². The third kappa shape index (κ3) is 2.61. The van der Waals surface area contributed by atoms with Crippen LogP contribution in [0.1, 0.15) is 30.6 Å². The first kappa shape index (κ1) is 12.5. The molecule has 2 aromatic rings. The predicted octanol–water partition coefficient (Wildman–Crippen LogP) is 3.43. The second-order valence-corrected chi connectivity index (χ2v) is 5.42. The largest absolute Gasteiger partial charge is 0.493 e. The molecule has 19 heavy (non-hydrogen) atoms. The Hall–Kier alpha value is -1.48. The van der Waals surface area contributed by atoms with Gasteiger partial charge in [0.25, 0.3) is 0 Å². The highest BCUT2D eigenvalue weighted by molar-refractivity contribution is 5.84. The van der Waals surface area contributed by atoms with Gasteiger partial charge in [-0.3, -0.25) is 0 Å². The Balaban J connectivity index is 1.90. The van der Waals surface area contributed by atoms with Crippen LogP contribution >= 0.6 is 0 Å². The number of fused-ring (bicyclic) bond motifs is 1. The zero-order valence-corrected chi connectivity index (χ0v) is 11.7. The van der Waals surface area contributed by atoms with Gasteiger partial charge in [-0.05, 0) is 56.5 Å². The van der Waals surface area contributed by atoms with E-state index in [1.807, 2.05) is 6.92 Å². The van der Waals surface area contributed by atoms with E-state index >= 15 is 0 Å². The molecule has 1 fully saturated rings. The van der Waals surface area contributed by atoms with E-state index in [2.05, 4.69) is 23.5 Å². The molecule has 1 saturated heterocycles.